The molecule has 0 aliphatic carbocycles. The van der Waals surface area contributed by atoms with Crippen molar-refractivity contribution in [3.05, 3.63) is 83.4 Å². The van der Waals surface area contributed by atoms with Crippen LogP contribution in [0.5, 0.6) is 5.75 Å². The molecule has 2 amide bonds. The Labute approximate surface area is 176 Å². The number of carbonyl (C=O) groups excluding carboxylic acids is 2. The van der Waals surface area contributed by atoms with Crippen LogP contribution in [0.4, 0.5) is 0 Å². The molecule has 2 N–H and O–H groups in total. The number of carbonyl (C=O) groups is 2. The topological polar surface area (TPSA) is 85.2 Å². The zero-order valence-electron chi connectivity index (χ0n) is 17.4. The van der Waals surface area contributed by atoms with Crippen molar-refractivity contribution in [1.29, 1.82) is 0 Å². The van der Waals surface area contributed by atoms with Gasteiger partial charge >= 0.3 is 0 Å². The molecule has 3 rings (SSSR count). The van der Waals surface area contributed by atoms with Gasteiger partial charge in [0.2, 0.25) is 5.91 Å². The van der Waals surface area contributed by atoms with Crippen molar-refractivity contribution in [3.8, 4) is 5.75 Å². The van der Waals surface area contributed by atoms with E-state index in [2.05, 4.69) is 15.6 Å². The number of rotatable bonds is 8. The van der Waals surface area contributed by atoms with Crippen LogP contribution >= 0.6 is 0 Å². The van der Waals surface area contributed by atoms with E-state index in [0.29, 0.717) is 17.1 Å². The summed E-state index contributed by atoms with van der Waals surface area (Å²) in [5.41, 5.74) is 2.31. The number of nitrogens with one attached hydrogen (secondary N) is 2. The Morgan fingerprint density at radius 3 is 2.57 bits per heavy atom. The largest absolute Gasteiger partial charge is 0.496 e. The lowest BCUT2D eigenvalue weighted by atomic mass is 10.0. The number of para-hydroxylation sites is 1. The Bertz CT molecular complexity index is 1030. The average Bonchev–Trinajstić information content (AvgIpc) is 3.18. The van der Waals surface area contributed by atoms with Gasteiger partial charge in [0.1, 0.15) is 17.6 Å². The third-order valence-corrected chi connectivity index (χ3v) is 4.90. The first kappa shape index (κ1) is 21.1. The summed E-state index contributed by atoms with van der Waals surface area (Å²) in [5, 5.41) is 5.83. The predicted octanol–water partition coefficient (Wildman–Crippen LogP) is 2.76. The van der Waals surface area contributed by atoms with Crippen LogP contribution in [0.2, 0.25) is 0 Å². The fourth-order valence-corrected chi connectivity index (χ4v) is 3.29. The second-order valence-corrected chi connectivity index (χ2v) is 6.96. The van der Waals surface area contributed by atoms with Crippen molar-refractivity contribution < 1.29 is 14.3 Å². The van der Waals surface area contributed by atoms with Gasteiger partial charge in [0, 0.05) is 43.5 Å². The number of hydrogen-bond donors (Lipinski definition) is 2. The SMILES string of the molecule is COc1ccccc1C(NC(=O)CCNC(=O)c1ccccc1C)c1nccn1C. The molecule has 0 bridgehead atoms. The van der Waals surface area contributed by atoms with Crippen LogP contribution in [0.1, 0.15) is 39.8 Å². The molecule has 0 radical (unpaired) electrons. The van der Waals surface area contributed by atoms with Crippen LogP contribution in [0.25, 0.3) is 0 Å². The Kier molecular flexibility index (Phi) is 6.85. The summed E-state index contributed by atoms with van der Waals surface area (Å²) in [4.78, 5) is 29.4. The molecule has 0 spiro atoms. The molecule has 7 nitrogen and oxygen atoms in total. The molecule has 156 valence electrons. The van der Waals surface area contributed by atoms with E-state index in [9.17, 15) is 9.59 Å². The smallest absolute Gasteiger partial charge is 0.251 e. The van der Waals surface area contributed by atoms with Crippen LogP contribution in [-0.4, -0.2) is 35.0 Å². The molecule has 7 heteroatoms. The number of benzene rings is 2. The van der Waals surface area contributed by atoms with E-state index in [4.69, 9.17) is 4.74 Å². The Morgan fingerprint density at radius 2 is 1.87 bits per heavy atom. The first-order valence-corrected chi connectivity index (χ1v) is 9.74. The molecule has 0 fully saturated rings. The lowest BCUT2D eigenvalue weighted by Crippen LogP contribution is -2.34. The van der Waals surface area contributed by atoms with Crippen LogP contribution in [0.15, 0.2) is 60.9 Å². The highest BCUT2D eigenvalue weighted by Crippen LogP contribution is 2.29. The predicted molar refractivity (Wildman–Crippen MR) is 114 cm³/mol. The van der Waals surface area contributed by atoms with Gasteiger partial charge in [0.25, 0.3) is 5.91 Å². The van der Waals surface area contributed by atoms with E-state index in [1.165, 1.54) is 0 Å². The van der Waals surface area contributed by atoms with E-state index in [-0.39, 0.29) is 24.8 Å². The molecule has 1 atom stereocenters. The maximum absolute atomic E-state index is 12.7. The summed E-state index contributed by atoms with van der Waals surface area (Å²) in [6.07, 6.45) is 3.66. The lowest BCUT2D eigenvalue weighted by Gasteiger charge is -2.21. The summed E-state index contributed by atoms with van der Waals surface area (Å²) >= 11 is 0. The highest BCUT2D eigenvalue weighted by Gasteiger charge is 2.23. The first-order valence-electron chi connectivity index (χ1n) is 9.74. The molecule has 0 saturated heterocycles. The normalized spacial score (nSPS) is 11.6. The van der Waals surface area contributed by atoms with Crippen molar-refractivity contribution in [1.82, 2.24) is 20.2 Å². The molecule has 0 aliphatic rings. The van der Waals surface area contributed by atoms with Crippen molar-refractivity contribution >= 4 is 11.8 Å². The lowest BCUT2D eigenvalue weighted by molar-refractivity contribution is -0.121. The maximum Gasteiger partial charge on any atom is 0.251 e. The van der Waals surface area contributed by atoms with Gasteiger partial charge in [0.15, 0.2) is 0 Å². The number of ether oxygens (including phenoxy) is 1. The molecule has 1 unspecified atom stereocenters. The molecule has 1 heterocycles. The number of nitrogens with zero attached hydrogens (tertiary/aromatic N) is 2. The van der Waals surface area contributed by atoms with Crippen molar-refractivity contribution in [2.45, 2.75) is 19.4 Å². The molecule has 2 aromatic carbocycles. The Morgan fingerprint density at radius 1 is 1.13 bits per heavy atom. The minimum atomic E-state index is -0.472. The number of aromatic nitrogens is 2. The molecular formula is C23H26N4O3. The van der Waals surface area contributed by atoms with Crippen LogP contribution in [0.3, 0.4) is 0 Å². The highest BCUT2D eigenvalue weighted by molar-refractivity contribution is 5.95. The maximum atomic E-state index is 12.7. The summed E-state index contributed by atoms with van der Waals surface area (Å²) in [6.45, 7) is 2.12. The molecule has 3 aromatic rings. The summed E-state index contributed by atoms with van der Waals surface area (Å²) < 4.78 is 7.33. The fraction of sp³-hybridized carbons (Fsp3) is 0.261. The van der Waals surface area contributed by atoms with Crippen LogP contribution in [-0.2, 0) is 11.8 Å². The van der Waals surface area contributed by atoms with Gasteiger partial charge in [-0.15, -0.1) is 0 Å². The van der Waals surface area contributed by atoms with Crippen molar-refractivity contribution in [2.75, 3.05) is 13.7 Å². The van der Waals surface area contributed by atoms with E-state index in [1.807, 2.05) is 67.2 Å². The molecule has 0 saturated carbocycles. The minimum Gasteiger partial charge on any atom is -0.496 e. The van der Waals surface area contributed by atoms with E-state index in [0.717, 1.165) is 11.1 Å². The van der Waals surface area contributed by atoms with Crippen molar-refractivity contribution in [2.24, 2.45) is 7.05 Å². The third-order valence-electron chi connectivity index (χ3n) is 4.90. The number of amides is 2. The second-order valence-electron chi connectivity index (χ2n) is 6.96. The number of aryl methyl sites for hydroxylation is 2. The van der Waals surface area contributed by atoms with Crippen LogP contribution < -0.4 is 15.4 Å². The Hall–Kier alpha value is -3.61. The number of methoxy groups -OCH3 is 1. The van der Waals surface area contributed by atoms with E-state index in [1.54, 1.807) is 19.4 Å². The van der Waals surface area contributed by atoms with Gasteiger partial charge in [-0.1, -0.05) is 36.4 Å². The van der Waals surface area contributed by atoms with Gasteiger partial charge in [-0.25, -0.2) is 4.98 Å². The zero-order valence-corrected chi connectivity index (χ0v) is 17.4. The zero-order chi connectivity index (χ0) is 21.5. The summed E-state index contributed by atoms with van der Waals surface area (Å²) in [5.74, 6) is 0.973. The monoisotopic (exact) mass is 406 g/mol. The molecule has 1 aromatic heterocycles. The molecular weight excluding hydrogens is 380 g/mol. The van der Waals surface area contributed by atoms with Crippen molar-refractivity contribution in [3.63, 3.8) is 0 Å². The van der Waals surface area contributed by atoms with Crippen LogP contribution in [0, 0.1) is 6.92 Å². The number of hydrogen-bond acceptors (Lipinski definition) is 4. The summed E-state index contributed by atoms with van der Waals surface area (Å²) in [7, 11) is 3.47. The van der Waals surface area contributed by atoms with Gasteiger partial charge in [-0.05, 0) is 24.6 Å². The Balaban J connectivity index is 1.68. The minimum absolute atomic E-state index is 0.147. The molecule has 30 heavy (non-hydrogen) atoms. The van der Waals surface area contributed by atoms with E-state index < -0.39 is 6.04 Å². The standard InChI is InChI=1S/C23H26N4O3/c1-16-8-4-5-9-17(16)23(29)25-13-12-20(28)26-21(22-24-14-15-27(22)2)18-10-6-7-11-19(18)30-3/h4-11,14-15,21H,12-13H2,1-3H3,(H,25,29)(H,26,28). The quantitative estimate of drug-likeness (QED) is 0.602. The second kappa shape index (κ2) is 9.73. The van der Waals surface area contributed by atoms with Gasteiger partial charge in [-0.3, -0.25) is 9.59 Å². The first-order chi connectivity index (χ1) is 14.5. The molecule has 0 aliphatic heterocycles. The highest BCUT2D eigenvalue weighted by atomic mass is 16.5. The number of imidazole rings is 1. The average molecular weight is 406 g/mol. The van der Waals surface area contributed by atoms with Gasteiger partial charge in [-0.2, -0.15) is 0 Å². The van der Waals surface area contributed by atoms with Gasteiger partial charge < -0.3 is 19.9 Å². The van der Waals surface area contributed by atoms with Gasteiger partial charge in [0.05, 0.1) is 7.11 Å². The van der Waals surface area contributed by atoms with E-state index >= 15 is 0 Å². The third kappa shape index (κ3) is 4.86. The fourth-order valence-electron chi connectivity index (χ4n) is 3.29. The summed E-state index contributed by atoms with van der Waals surface area (Å²) in [6, 6.07) is 14.4.